The van der Waals surface area contributed by atoms with E-state index in [0.29, 0.717) is 0 Å². The average molecular weight is 184 g/mol. The highest BCUT2D eigenvalue weighted by molar-refractivity contribution is 5.62. The fourth-order valence-corrected chi connectivity index (χ4v) is 0.353. The predicted octanol–water partition coefficient (Wildman–Crippen LogP) is 1.29. The van der Waals surface area contributed by atoms with Gasteiger partial charge in [-0.25, -0.2) is 0 Å². The van der Waals surface area contributed by atoms with Crippen molar-refractivity contribution in [2.75, 3.05) is 6.61 Å². The Kier molecular flexibility index (Phi) is 4.65. The highest BCUT2D eigenvalue weighted by atomic mass is 19.4. The van der Waals surface area contributed by atoms with Gasteiger partial charge in [-0.05, 0) is 6.92 Å². The lowest BCUT2D eigenvalue weighted by Crippen LogP contribution is -2.16. The van der Waals surface area contributed by atoms with Gasteiger partial charge < -0.3 is 10.6 Å². The van der Waals surface area contributed by atoms with Crippen LogP contribution in [0, 0.1) is 0 Å². The molecule has 72 valence electrons. The smallest absolute Gasteiger partial charge is 0.392 e. The van der Waals surface area contributed by atoms with E-state index in [1.54, 1.807) is 6.92 Å². The topological polar surface area (TPSA) is 47.6 Å². The summed E-state index contributed by atoms with van der Waals surface area (Å²) in [4.78, 5) is 4.29. The molecule has 0 saturated heterocycles. The highest BCUT2D eigenvalue weighted by Crippen LogP contribution is 2.18. The van der Waals surface area contributed by atoms with E-state index in [1.165, 1.54) is 6.21 Å². The summed E-state index contributed by atoms with van der Waals surface area (Å²) in [5.41, 5.74) is 5.21. The second-order valence-corrected chi connectivity index (χ2v) is 2.31. The maximum atomic E-state index is 11.5. The summed E-state index contributed by atoms with van der Waals surface area (Å²) in [5.74, 6) is 0. The molecule has 6 heteroatoms. The highest BCUT2D eigenvalue weighted by Gasteiger charge is 2.26. The van der Waals surface area contributed by atoms with Gasteiger partial charge in [0.1, 0.15) is 6.61 Å². The van der Waals surface area contributed by atoms with Gasteiger partial charge in [-0.3, -0.25) is 0 Å². The van der Waals surface area contributed by atoms with Gasteiger partial charge in [-0.1, -0.05) is 5.16 Å². The van der Waals surface area contributed by atoms with Crippen molar-refractivity contribution in [2.24, 2.45) is 10.9 Å². The van der Waals surface area contributed by atoms with E-state index in [4.69, 9.17) is 5.73 Å². The zero-order valence-electron chi connectivity index (χ0n) is 6.64. The van der Waals surface area contributed by atoms with Gasteiger partial charge in [0.25, 0.3) is 0 Å². The Balaban J connectivity index is 3.34. The van der Waals surface area contributed by atoms with Gasteiger partial charge >= 0.3 is 6.18 Å². The third kappa shape index (κ3) is 9.22. The van der Waals surface area contributed by atoms with Crippen LogP contribution in [0.1, 0.15) is 13.3 Å². The summed E-state index contributed by atoms with van der Waals surface area (Å²) in [6.07, 6.45) is -3.95. The van der Waals surface area contributed by atoms with Gasteiger partial charge in [-0.15, -0.1) is 0 Å². The van der Waals surface area contributed by atoms with Crippen molar-refractivity contribution < 1.29 is 18.0 Å². The zero-order chi connectivity index (χ0) is 9.61. The van der Waals surface area contributed by atoms with Crippen LogP contribution in [0.15, 0.2) is 5.16 Å². The summed E-state index contributed by atoms with van der Waals surface area (Å²) < 4.78 is 34.5. The normalized spacial score (nSPS) is 15.1. The number of rotatable bonds is 4. The number of nitrogens with two attached hydrogens (primary N) is 1. The molecule has 0 saturated carbocycles. The molecule has 0 rings (SSSR count). The Labute approximate surface area is 68.4 Å². The second kappa shape index (κ2) is 4.97. The molecule has 0 aromatic rings. The molecular weight excluding hydrogens is 173 g/mol. The number of hydrogen-bond acceptors (Lipinski definition) is 3. The lowest BCUT2D eigenvalue weighted by atomic mass is 10.4. The molecule has 1 atom stereocenters. The van der Waals surface area contributed by atoms with E-state index >= 15 is 0 Å². The Morgan fingerprint density at radius 3 is 2.58 bits per heavy atom. The SMILES string of the molecule is CC(N)/C=N/OCCC(F)(F)F. The number of oxime groups is 1. The van der Waals surface area contributed by atoms with Crippen LogP contribution in [0.4, 0.5) is 13.2 Å². The second-order valence-electron chi connectivity index (χ2n) is 2.31. The lowest BCUT2D eigenvalue weighted by molar-refractivity contribution is -0.145. The van der Waals surface area contributed by atoms with Gasteiger partial charge in [0, 0.05) is 6.04 Å². The molecule has 0 radical (unpaired) electrons. The molecule has 0 aliphatic carbocycles. The number of nitrogens with zero attached hydrogens (tertiary/aromatic N) is 1. The summed E-state index contributed by atoms with van der Waals surface area (Å²) >= 11 is 0. The first kappa shape index (κ1) is 11.2. The van der Waals surface area contributed by atoms with Crippen molar-refractivity contribution in [3.63, 3.8) is 0 Å². The maximum Gasteiger partial charge on any atom is 0.392 e. The Hall–Kier alpha value is -0.780. The van der Waals surface area contributed by atoms with Crippen molar-refractivity contribution in [2.45, 2.75) is 25.6 Å². The quantitative estimate of drug-likeness (QED) is 0.406. The van der Waals surface area contributed by atoms with E-state index in [0.717, 1.165) is 0 Å². The summed E-state index contributed by atoms with van der Waals surface area (Å²) in [6.45, 7) is 1.17. The number of hydrogen-bond donors (Lipinski definition) is 1. The summed E-state index contributed by atoms with van der Waals surface area (Å²) in [6, 6.07) is -0.309. The predicted molar refractivity (Wildman–Crippen MR) is 38.8 cm³/mol. The van der Waals surface area contributed by atoms with Crippen LogP contribution >= 0.6 is 0 Å². The maximum absolute atomic E-state index is 11.5. The first-order chi connectivity index (χ1) is 5.42. The third-order valence-corrected chi connectivity index (χ3v) is 0.847. The van der Waals surface area contributed by atoms with Crippen LogP contribution in [0.2, 0.25) is 0 Å². The van der Waals surface area contributed by atoms with Crippen LogP contribution in [0.25, 0.3) is 0 Å². The average Bonchev–Trinajstić information content (AvgIpc) is 1.83. The molecule has 1 unspecified atom stereocenters. The first-order valence-electron chi connectivity index (χ1n) is 3.39. The fraction of sp³-hybridized carbons (Fsp3) is 0.833. The van der Waals surface area contributed by atoms with E-state index in [1.807, 2.05) is 0 Å². The van der Waals surface area contributed by atoms with Crippen molar-refractivity contribution in [1.82, 2.24) is 0 Å². The van der Waals surface area contributed by atoms with Crippen LogP contribution in [0.5, 0.6) is 0 Å². The van der Waals surface area contributed by atoms with Crippen molar-refractivity contribution >= 4 is 6.21 Å². The molecule has 0 spiro atoms. The Morgan fingerprint density at radius 1 is 1.58 bits per heavy atom. The van der Waals surface area contributed by atoms with Crippen LogP contribution < -0.4 is 5.73 Å². The Bertz CT molecular complexity index is 144. The van der Waals surface area contributed by atoms with Crippen LogP contribution in [0.3, 0.4) is 0 Å². The van der Waals surface area contributed by atoms with Gasteiger partial charge in [0.2, 0.25) is 0 Å². The molecule has 0 aromatic carbocycles. The van der Waals surface area contributed by atoms with Gasteiger partial charge in [-0.2, -0.15) is 13.2 Å². The minimum atomic E-state index is -4.19. The molecule has 0 heterocycles. The lowest BCUT2D eigenvalue weighted by Gasteiger charge is -2.03. The first-order valence-corrected chi connectivity index (χ1v) is 3.39. The summed E-state index contributed by atoms with van der Waals surface area (Å²) in [5, 5.41) is 3.22. The van der Waals surface area contributed by atoms with Crippen LogP contribution in [-0.2, 0) is 4.84 Å². The molecule has 0 aromatic heterocycles. The minimum Gasteiger partial charge on any atom is -0.396 e. The third-order valence-electron chi connectivity index (χ3n) is 0.847. The minimum absolute atomic E-state index is 0.309. The van der Waals surface area contributed by atoms with Crippen molar-refractivity contribution in [1.29, 1.82) is 0 Å². The zero-order valence-corrected chi connectivity index (χ0v) is 6.64. The number of halogens is 3. The van der Waals surface area contributed by atoms with Gasteiger partial charge in [0.05, 0.1) is 12.6 Å². The Morgan fingerprint density at radius 2 is 2.17 bits per heavy atom. The fourth-order valence-electron chi connectivity index (χ4n) is 0.353. The van der Waals surface area contributed by atoms with E-state index in [9.17, 15) is 13.2 Å². The van der Waals surface area contributed by atoms with E-state index in [-0.39, 0.29) is 6.04 Å². The largest absolute Gasteiger partial charge is 0.396 e. The molecule has 0 aliphatic heterocycles. The summed E-state index contributed by atoms with van der Waals surface area (Å²) in [7, 11) is 0. The molecule has 0 amide bonds. The molecule has 2 N–H and O–H groups in total. The van der Waals surface area contributed by atoms with Crippen LogP contribution in [-0.4, -0.2) is 25.0 Å². The van der Waals surface area contributed by atoms with E-state index < -0.39 is 19.2 Å². The molecule has 0 bridgehead atoms. The molecular formula is C6H11F3N2O. The van der Waals surface area contributed by atoms with Crippen molar-refractivity contribution in [3.05, 3.63) is 0 Å². The standard InChI is InChI=1S/C6H11F3N2O/c1-5(10)4-11-12-3-2-6(7,8)9/h4-5H,2-3,10H2,1H3/b11-4+. The monoisotopic (exact) mass is 184 g/mol. The van der Waals surface area contributed by atoms with Crippen molar-refractivity contribution in [3.8, 4) is 0 Å². The molecule has 0 aliphatic rings. The molecule has 12 heavy (non-hydrogen) atoms. The van der Waals surface area contributed by atoms with E-state index in [2.05, 4.69) is 9.99 Å². The molecule has 0 fully saturated rings. The molecule has 3 nitrogen and oxygen atoms in total. The number of alkyl halides is 3. The van der Waals surface area contributed by atoms with Gasteiger partial charge in [0.15, 0.2) is 0 Å².